The molecule has 0 fully saturated rings. The van der Waals surface area contributed by atoms with Crippen LogP contribution in [0.4, 0.5) is 5.69 Å². The number of rotatable bonds is 10. The van der Waals surface area contributed by atoms with E-state index in [1.54, 1.807) is 25.1 Å². The minimum atomic E-state index is -4.17. The number of hydrogen-bond donors (Lipinski definition) is 1. The predicted octanol–water partition coefficient (Wildman–Crippen LogP) is 4.47. The van der Waals surface area contributed by atoms with Crippen molar-refractivity contribution in [2.24, 2.45) is 0 Å². The molecular formula is C26H27BrClN3O5S. The number of amides is 2. The quantitative estimate of drug-likeness (QED) is 0.367. The van der Waals surface area contributed by atoms with Crippen molar-refractivity contribution < 1.29 is 22.7 Å². The lowest BCUT2D eigenvalue weighted by Gasteiger charge is -2.32. The van der Waals surface area contributed by atoms with Gasteiger partial charge in [-0.2, -0.15) is 0 Å². The summed E-state index contributed by atoms with van der Waals surface area (Å²) in [5.74, 6) is -0.589. The second kappa shape index (κ2) is 12.4. The Hall–Kier alpha value is -3.08. The van der Waals surface area contributed by atoms with E-state index in [-0.39, 0.29) is 28.1 Å². The van der Waals surface area contributed by atoms with Crippen molar-refractivity contribution in [1.82, 2.24) is 10.2 Å². The van der Waals surface area contributed by atoms with Gasteiger partial charge in [0.05, 0.1) is 22.7 Å². The van der Waals surface area contributed by atoms with Crippen molar-refractivity contribution >= 4 is 55.1 Å². The van der Waals surface area contributed by atoms with Crippen LogP contribution in [0.2, 0.25) is 5.02 Å². The Morgan fingerprint density at radius 2 is 1.76 bits per heavy atom. The van der Waals surface area contributed by atoms with Gasteiger partial charge in [-0.05, 0) is 55.0 Å². The molecule has 1 atom stereocenters. The molecule has 8 nitrogen and oxygen atoms in total. The average molecular weight is 609 g/mol. The largest absolute Gasteiger partial charge is 0.495 e. The molecule has 0 radical (unpaired) electrons. The van der Waals surface area contributed by atoms with E-state index in [2.05, 4.69) is 21.2 Å². The van der Waals surface area contributed by atoms with Crippen molar-refractivity contribution in [3.63, 3.8) is 0 Å². The van der Waals surface area contributed by atoms with Gasteiger partial charge in [0.2, 0.25) is 11.8 Å². The molecule has 0 saturated carbocycles. The maximum absolute atomic E-state index is 13.7. The van der Waals surface area contributed by atoms with E-state index in [1.165, 1.54) is 49.4 Å². The van der Waals surface area contributed by atoms with Crippen LogP contribution in [0, 0.1) is 0 Å². The first-order chi connectivity index (χ1) is 17.6. The molecule has 3 aromatic carbocycles. The van der Waals surface area contributed by atoms with Gasteiger partial charge in [-0.25, -0.2) is 8.42 Å². The van der Waals surface area contributed by atoms with Gasteiger partial charge in [0.25, 0.3) is 10.0 Å². The zero-order valence-corrected chi connectivity index (χ0v) is 23.7. The number of methoxy groups -OCH3 is 1. The second-order valence-corrected chi connectivity index (χ2v) is 11.3. The van der Waals surface area contributed by atoms with Crippen LogP contribution in [0.5, 0.6) is 5.75 Å². The first-order valence-electron chi connectivity index (χ1n) is 11.2. The van der Waals surface area contributed by atoms with Gasteiger partial charge in [-0.15, -0.1) is 0 Å². The van der Waals surface area contributed by atoms with Crippen LogP contribution in [0.3, 0.4) is 0 Å². The summed E-state index contributed by atoms with van der Waals surface area (Å²) in [6.45, 7) is 1.12. The van der Waals surface area contributed by atoms with Gasteiger partial charge in [-0.1, -0.05) is 57.9 Å². The zero-order valence-electron chi connectivity index (χ0n) is 20.5. The van der Waals surface area contributed by atoms with Gasteiger partial charge in [0.1, 0.15) is 18.3 Å². The number of nitrogens with one attached hydrogen (secondary N) is 1. The molecule has 196 valence electrons. The van der Waals surface area contributed by atoms with Crippen LogP contribution in [0.15, 0.2) is 82.2 Å². The molecule has 37 heavy (non-hydrogen) atoms. The summed E-state index contributed by atoms with van der Waals surface area (Å²) in [7, 11) is -1.25. The normalized spacial score (nSPS) is 11.9. The number of sulfonamides is 1. The molecule has 3 aromatic rings. The molecule has 0 unspecified atom stereocenters. The Kier molecular flexibility index (Phi) is 9.58. The number of ether oxygens (including phenoxy) is 1. The predicted molar refractivity (Wildman–Crippen MR) is 147 cm³/mol. The molecule has 1 N–H and O–H groups in total. The summed E-state index contributed by atoms with van der Waals surface area (Å²) in [4.78, 5) is 27.6. The number of carbonyl (C=O) groups excluding carboxylic acids is 2. The Morgan fingerprint density at radius 3 is 2.35 bits per heavy atom. The van der Waals surface area contributed by atoms with E-state index in [1.807, 2.05) is 24.3 Å². The lowest BCUT2D eigenvalue weighted by atomic mass is 10.1. The maximum atomic E-state index is 13.7. The van der Waals surface area contributed by atoms with E-state index < -0.39 is 28.5 Å². The van der Waals surface area contributed by atoms with Crippen LogP contribution in [-0.2, 0) is 26.2 Å². The van der Waals surface area contributed by atoms with E-state index in [0.29, 0.717) is 5.75 Å². The molecule has 0 aliphatic rings. The summed E-state index contributed by atoms with van der Waals surface area (Å²) in [6, 6.07) is 18.7. The number of likely N-dealkylation sites (N-methyl/N-ethyl adjacent to an activating group) is 1. The third kappa shape index (κ3) is 6.82. The third-order valence-electron chi connectivity index (χ3n) is 5.69. The van der Waals surface area contributed by atoms with E-state index in [4.69, 9.17) is 16.3 Å². The van der Waals surface area contributed by atoms with Crippen LogP contribution in [0.1, 0.15) is 12.5 Å². The number of benzene rings is 3. The summed E-state index contributed by atoms with van der Waals surface area (Å²) >= 11 is 9.72. The smallest absolute Gasteiger partial charge is 0.264 e. The van der Waals surface area contributed by atoms with E-state index in [9.17, 15) is 18.0 Å². The summed E-state index contributed by atoms with van der Waals surface area (Å²) < 4.78 is 34.4. The molecule has 0 aliphatic carbocycles. The average Bonchev–Trinajstić information content (AvgIpc) is 2.89. The topological polar surface area (TPSA) is 96.0 Å². The van der Waals surface area contributed by atoms with Crippen molar-refractivity contribution in [3.05, 3.63) is 87.9 Å². The Morgan fingerprint density at radius 1 is 1.05 bits per heavy atom. The van der Waals surface area contributed by atoms with Crippen LogP contribution >= 0.6 is 27.5 Å². The molecule has 0 aliphatic heterocycles. The van der Waals surface area contributed by atoms with Gasteiger partial charge < -0.3 is 15.0 Å². The maximum Gasteiger partial charge on any atom is 0.264 e. The number of anilines is 1. The molecule has 0 aromatic heterocycles. The van der Waals surface area contributed by atoms with Gasteiger partial charge >= 0.3 is 0 Å². The van der Waals surface area contributed by atoms with Crippen LogP contribution < -0.4 is 14.4 Å². The first kappa shape index (κ1) is 28.5. The fourth-order valence-corrected chi connectivity index (χ4v) is 5.81. The highest BCUT2D eigenvalue weighted by Crippen LogP contribution is 2.32. The highest BCUT2D eigenvalue weighted by molar-refractivity contribution is 9.10. The van der Waals surface area contributed by atoms with E-state index >= 15 is 0 Å². The highest BCUT2D eigenvalue weighted by atomic mass is 79.9. The Bertz CT molecular complexity index is 1370. The fraction of sp³-hybridized carbons (Fsp3) is 0.231. The standard InChI is InChI=1S/C26H27BrClN3O5S/c1-18(26(33)29-2)30(16-19-8-7-9-20(27)14-19)25(32)17-31(21-12-13-24(36-3)23(28)15-21)37(34,35)22-10-5-4-6-11-22/h4-15,18H,16-17H2,1-3H3,(H,29,33)/t18-/m1/s1. The molecule has 0 bridgehead atoms. The minimum absolute atomic E-state index is 0.00706. The third-order valence-corrected chi connectivity index (χ3v) is 8.27. The lowest BCUT2D eigenvalue weighted by Crippen LogP contribution is -2.50. The van der Waals surface area contributed by atoms with Crippen LogP contribution in [0.25, 0.3) is 0 Å². The molecule has 0 heterocycles. The minimum Gasteiger partial charge on any atom is -0.495 e. The van der Waals surface area contributed by atoms with Crippen molar-refractivity contribution in [2.45, 2.75) is 24.4 Å². The Balaban J connectivity index is 2.06. The molecule has 11 heteroatoms. The first-order valence-corrected chi connectivity index (χ1v) is 13.9. The molecule has 3 rings (SSSR count). The lowest BCUT2D eigenvalue weighted by molar-refractivity contribution is -0.139. The van der Waals surface area contributed by atoms with Gasteiger partial charge in [0, 0.05) is 18.1 Å². The molecular weight excluding hydrogens is 582 g/mol. The van der Waals surface area contributed by atoms with Gasteiger partial charge in [0.15, 0.2) is 0 Å². The summed E-state index contributed by atoms with van der Waals surface area (Å²) in [5, 5.41) is 2.74. The van der Waals surface area contributed by atoms with Crippen molar-refractivity contribution in [3.8, 4) is 5.75 Å². The molecule has 0 saturated heterocycles. The number of halogens is 2. The monoisotopic (exact) mass is 607 g/mol. The number of nitrogens with zero attached hydrogens (tertiary/aromatic N) is 2. The molecule has 0 spiro atoms. The summed E-state index contributed by atoms with van der Waals surface area (Å²) in [5.41, 5.74) is 0.946. The van der Waals surface area contributed by atoms with Crippen molar-refractivity contribution in [2.75, 3.05) is 25.0 Å². The number of hydrogen-bond acceptors (Lipinski definition) is 5. The summed E-state index contributed by atoms with van der Waals surface area (Å²) in [6.07, 6.45) is 0. The molecule has 2 amide bonds. The zero-order chi connectivity index (χ0) is 27.2. The second-order valence-electron chi connectivity index (χ2n) is 8.09. The van der Waals surface area contributed by atoms with Crippen LogP contribution in [-0.4, -0.2) is 51.9 Å². The highest BCUT2D eigenvalue weighted by Gasteiger charge is 2.32. The van der Waals surface area contributed by atoms with E-state index in [0.717, 1.165) is 14.3 Å². The SMILES string of the molecule is CNC(=O)[C@@H](C)N(Cc1cccc(Br)c1)C(=O)CN(c1ccc(OC)c(Cl)c1)S(=O)(=O)c1ccccc1. The van der Waals surface area contributed by atoms with Crippen molar-refractivity contribution in [1.29, 1.82) is 0 Å². The Labute approximate surface area is 230 Å². The fourth-order valence-electron chi connectivity index (χ4n) is 3.68. The number of carbonyl (C=O) groups is 2. The van der Waals surface area contributed by atoms with Gasteiger partial charge in [-0.3, -0.25) is 13.9 Å².